The van der Waals surface area contributed by atoms with Crippen LogP contribution in [0.2, 0.25) is 0 Å². The van der Waals surface area contributed by atoms with E-state index < -0.39 is 15.6 Å². The van der Waals surface area contributed by atoms with E-state index in [9.17, 15) is 4.79 Å². The van der Waals surface area contributed by atoms with Gasteiger partial charge < -0.3 is 14.4 Å². The molecule has 1 aliphatic heterocycles. The van der Waals surface area contributed by atoms with Gasteiger partial charge in [-0.25, -0.2) is 14.8 Å². The predicted molar refractivity (Wildman–Crippen MR) is 120 cm³/mol. The van der Waals surface area contributed by atoms with Gasteiger partial charge in [-0.15, -0.1) is 0 Å². The minimum atomic E-state index is -0.880. The van der Waals surface area contributed by atoms with Crippen molar-refractivity contribution in [2.75, 3.05) is 23.8 Å². The van der Waals surface area contributed by atoms with E-state index in [-0.39, 0.29) is 18.2 Å². The Bertz CT molecular complexity index is 737. The number of amides is 1. The van der Waals surface area contributed by atoms with Crippen LogP contribution < -0.4 is 4.74 Å². The Labute approximate surface area is 177 Å². The summed E-state index contributed by atoms with van der Waals surface area (Å²) in [5.41, 5.74) is 0.157. The Morgan fingerprint density at radius 3 is 2.38 bits per heavy atom. The van der Waals surface area contributed by atoms with Crippen LogP contribution in [0.25, 0.3) is 0 Å². The Morgan fingerprint density at radius 1 is 1.21 bits per heavy atom. The molecule has 0 bridgehead atoms. The normalized spacial score (nSPS) is 20.0. The van der Waals surface area contributed by atoms with E-state index in [0.717, 1.165) is 23.7 Å². The van der Waals surface area contributed by atoms with Crippen molar-refractivity contribution in [3.05, 3.63) is 18.1 Å². The highest BCUT2D eigenvalue weighted by atomic mass is 32.3. The van der Waals surface area contributed by atoms with Crippen molar-refractivity contribution < 1.29 is 14.3 Å². The number of hydrogen-bond acceptors (Lipinski definition) is 5. The van der Waals surface area contributed by atoms with Crippen LogP contribution in [0.3, 0.4) is 0 Å². The smallest absolute Gasteiger partial charge is 0.410 e. The quantitative estimate of drug-likeness (QED) is 0.658. The lowest BCUT2D eigenvalue weighted by Crippen LogP contribution is -2.39. The summed E-state index contributed by atoms with van der Waals surface area (Å²) in [5.74, 6) is 6.98. The van der Waals surface area contributed by atoms with Crippen LogP contribution in [-0.2, 0) is 4.74 Å². The molecule has 1 saturated heterocycles. The highest BCUT2D eigenvalue weighted by Crippen LogP contribution is 2.45. The van der Waals surface area contributed by atoms with E-state index in [1.54, 1.807) is 17.3 Å². The zero-order chi connectivity index (χ0) is 21.7. The van der Waals surface area contributed by atoms with Crippen molar-refractivity contribution >= 4 is 16.1 Å². The molecule has 0 saturated carbocycles. The van der Waals surface area contributed by atoms with Gasteiger partial charge in [-0.1, -0.05) is 20.8 Å². The van der Waals surface area contributed by atoms with Crippen molar-refractivity contribution in [3.8, 4) is 17.1 Å². The number of carbonyl (C=O) groups excluding carboxylic acids is 1. The summed E-state index contributed by atoms with van der Waals surface area (Å²) >= 11 is 0. The summed E-state index contributed by atoms with van der Waals surface area (Å²) in [6, 6.07) is 0.0566. The lowest BCUT2D eigenvalue weighted by molar-refractivity contribution is 0.0223. The Kier molecular flexibility index (Phi) is 7.81. The second kappa shape index (κ2) is 9.71. The zero-order valence-electron chi connectivity index (χ0n) is 18.8. The molecule has 1 fully saturated rings. The van der Waals surface area contributed by atoms with E-state index in [0.29, 0.717) is 18.1 Å². The Hall–Kier alpha value is -1.94. The molecule has 1 amide bonds. The van der Waals surface area contributed by atoms with Gasteiger partial charge in [-0.3, -0.25) is 0 Å². The maximum absolute atomic E-state index is 12.3. The fourth-order valence-corrected chi connectivity index (χ4v) is 5.22. The van der Waals surface area contributed by atoms with E-state index >= 15 is 0 Å². The monoisotopic (exact) mass is 421 g/mol. The topological polar surface area (TPSA) is 64.5 Å². The lowest BCUT2D eigenvalue weighted by Gasteiger charge is -2.30. The Morgan fingerprint density at radius 2 is 1.86 bits per heavy atom. The third-order valence-corrected chi connectivity index (χ3v) is 8.98. The molecule has 1 aliphatic rings. The van der Waals surface area contributed by atoms with Crippen LogP contribution in [0.1, 0.15) is 60.6 Å². The predicted octanol–water partition coefficient (Wildman–Crippen LogP) is 4.43. The molecule has 2 rings (SSSR count). The number of rotatable bonds is 5. The van der Waals surface area contributed by atoms with E-state index in [1.165, 1.54) is 0 Å². The van der Waals surface area contributed by atoms with Crippen LogP contribution >= 0.6 is 10.0 Å². The Balaban J connectivity index is 1.98. The van der Waals surface area contributed by atoms with Gasteiger partial charge in [0, 0.05) is 12.5 Å². The van der Waals surface area contributed by atoms with Crippen molar-refractivity contribution in [1.82, 2.24) is 14.9 Å². The lowest BCUT2D eigenvalue weighted by atomic mass is 10.2. The number of nitrogens with zero attached hydrogens (tertiary/aromatic N) is 3. The second-order valence-corrected chi connectivity index (χ2v) is 12.4. The molecule has 0 aliphatic carbocycles. The SMILES string of the molecule is CCS(C#Cc1cnc(O[C@@H]2C[C@H](C)N(C(=O)OC(C)(C)C)C2)cn1)(CC)CC. The van der Waals surface area contributed by atoms with Gasteiger partial charge in [0.15, 0.2) is 0 Å². The number of hydrogen-bond donors (Lipinski definition) is 0. The van der Waals surface area contributed by atoms with Crippen molar-refractivity contribution in [2.24, 2.45) is 0 Å². The molecule has 29 heavy (non-hydrogen) atoms. The van der Waals surface area contributed by atoms with Gasteiger partial charge in [0.05, 0.1) is 18.9 Å². The number of ether oxygens (including phenoxy) is 2. The first-order valence-electron chi connectivity index (χ1n) is 10.4. The standard InChI is InChI=1S/C22H35N3O3S/c1-8-29(9-2,10-3)12-11-18-14-24-20(15-23-18)27-19-13-17(4)25(16-19)21(26)28-22(5,6)7/h14-15,17,19H,8-10,13,16H2,1-7H3/t17-,19+/m0/s1. The van der Waals surface area contributed by atoms with Crippen LogP contribution in [-0.4, -0.2) is 62.5 Å². The third-order valence-electron chi connectivity index (χ3n) is 5.13. The second-order valence-electron chi connectivity index (χ2n) is 8.34. The molecule has 6 nitrogen and oxygen atoms in total. The molecule has 0 N–H and O–H groups in total. The van der Waals surface area contributed by atoms with Crippen LogP contribution in [0.5, 0.6) is 5.88 Å². The van der Waals surface area contributed by atoms with Crippen LogP contribution in [0, 0.1) is 11.2 Å². The average Bonchev–Trinajstić information content (AvgIpc) is 3.03. The molecular weight excluding hydrogens is 386 g/mol. The van der Waals surface area contributed by atoms with Gasteiger partial charge in [-0.2, -0.15) is 10.0 Å². The maximum Gasteiger partial charge on any atom is 0.410 e. The molecule has 1 aromatic heterocycles. The molecule has 0 radical (unpaired) electrons. The first kappa shape index (κ1) is 23.3. The minimum Gasteiger partial charge on any atom is -0.471 e. The highest BCUT2D eigenvalue weighted by molar-refractivity contribution is 8.37. The van der Waals surface area contributed by atoms with Crippen LogP contribution in [0.15, 0.2) is 12.4 Å². The fourth-order valence-electron chi connectivity index (χ4n) is 3.24. The molecule has 2 heterocycles. The van der Waals surface area contributed by atoms with Crippen molar-refractivity contribution in [2.45, 2.75) is 72.6 Å². The molecule has 162 valence electrons. The number of aromatic nitrogens is 2. The first-order valence-corrected chi connectivity index (χ1v) is 12.5. The molecule has 0 spiro atoms. The highest BCUT2D eigenvalue weighted by Gasteiger charge is 2.36. The van der Waals surface area contributed by atoms with E-state index in [1.807, 2.05) is 27.7 Å². The molecule has 1 aromatic rings. The molecule has 7 heteroatoms. The molecule has 2 atom stereocenters. The summed E-state index contributed by atoms with van der Waals surface area (Å²) in [7, 11) is -0.880. The third kappa shape index (κ3) is 6.53. The molecular formula is C22H35N3O3S. The van der Waals surface area contributed by atoms with E-state index in [4.69, 9.17) is 9.47 Å². The van der Waals surface area contributed by atoms with Gasteiger partial charge >= 0.3 is 6.09 Å². The number of carbonyl (C=O) groups is 1. The average molecular weight is 422 g/mol. The minimum absolute atomic E-state index is 0.0566. The van der Waals surface area contributed by atoms with Gasteiger partial charge in [-0.05, 0) is 56.1 Å². The van der Waals surface area contributed by atoms with Crippen molar-refractivity contribution in [1.29, 1.82) is 0 Å². The summed E-state index contributed by atoms with van der Waals surface area (Å²) in [6.07, 6.45) is 3.59. The summed E-state index contributed by atoms with van der Waals surface area (Å²) < 4.78 is 11.4. The van der Waals surface area contributed by atoms with E-state index in [2.05, 4.69) is 41.9 Å². The van der Waals surface area contributed by atoms with Gasteiger partial charge in [0.1, 0.15) is 17.4 Å². The van der Waals surface area contributed by atoms with Gasteiger partial charge in [0.25, 0.3) is 0 Å². The van der Waals surface area contributed by atoms with Crippen molar-refractivity contribution in [3.63, 3.8) is 0 Å². The zero-order valence-corrected chi connectivity index (χ0v) is 19.6. The summed E-state index contributed by atoms with van der Waals surface area (Å²) in [5, 5.41) is 3.47. The summed E-state index contributed by atoms with van der Waals surface area (Å²) in [4.78, 5) is 22.8. The van der Waals surface area contributed by atoms with Crippen LogP contribution in [0.4, 0.5) is 4.79 Å². The number of likely N-dealkylation sites (tertiary alicyclic amines) is 1. The molecule has 0 unspecified atom stereocenters. The van der Waals surface area contributed by atoms with Gasteiger partial charge in [0.2, 0.25) is 5.88 Å². The largest absolute Gasteiger partial charge is 0.471 e. The fraction of sp³-hybridized carbons (Fsp3) is 0.682. The maximum atomic E-state index is 12.3. The first-order chi connectivity index (χ1) is 13.6. The molecule has 0 aromatic carbocycles. The summed E-state index contributed by atoms with van der Waals surface area (Å²) in [6.45, 7) is 14.7.